The van der Waals surface area contributed by atoms with Gasteiger partial charge in [0, 0.05) is 18.4 Å². The van der Waals surface area contributed by atoms with E-state index in [-0.39, 0.29) is 0 Å². The van der Waals surface area contributed by atoms with Gasteiger partial charge >= 0.3 is 0 Å². The second-order valence-corrected chi connectivity index (χ2v) is 5.26. The number of benzene rings is 1. The summed E-state index contributed by atoms with van der Waals surface area (Å²) in [5, 5.41) is 0. The predicted octanol–water partition coefficient (Wildman–Crippen LogP) is 5.33. The summed E-state index contributed by atoms with van der Waals surface area (Å²) in [7, 11) is 2.06. The lowest BCUT2D eigenvalue weighted by Gasteiger charge is -2.24. The van der Waals surface area contributed by atoms with E-state index in [4.69, 9.17) is 0 Å². The van der Waals surface area contributed by atoms with Gasteiger partial charge in [0.25, 0.3) is 0 Å². The summed E-state index contributed by atoms with van der Waals surface area (Å²) in [6.45, 7) is 16.3. The van der Waals surface area contributed by atoms with Crippen LogP contribution in [0.25, 0.3) is 0 Å². The molecule has 0 fully saturated rings. The molecule has 0 spiro atoms. The van der Waals surface area contributed by atoms with Crippen LogP contribution in [-0.4, -0.2) is 7.05 Å². The third-order valence-corrected chi connectivity index (χ3v) is 3.49. The van der Waals surface area contributed by atoms with Gasteiger partial charge in [0.05, 0.1) is 0 Å². The van der Waals surface area contributed by atoms with E-state index >= 15 is 0 Å². The topological polar surface area (TPSA) is 3.24 Å². The van der Waals surface area contributed by atoms with E-state index in [1.807, 2.05) is 13.0 Å². The van der Waals surface area contributed by atoms with Crippen LogP contribution in [0.5, 0.6) is 0 Å². The maximum absolute atomic E-state index is 4.20. The molecule has 0 unspecified atom stereocenters. The molecule has 0 aliphatic heterocycles. The van der Waals surface area contributed by atoms with Crippen molar-refractivity contribution in [3.63, 3.8) is 0 Å². The molecule has 0 atom stereocenters. The van der Waals surface area contributed by atoms with Crippen LogP contribution in [0.4, 0.5) is 5.69 Å². The van der Waals surface area contributed by atoms with Crippen LogP contribution < -0.4 is 4.90 Å². The van der Waals surface area contributed by atoms with Crippen molar-refractivity contribution in [3.8, 4) is 0 Å². The zero-order valence-corrected chi connectivity index (χ0v) is 13.3. The quantitative estimate of drug-likeness (QED) is 0.652. The molecule has 0 heterocycles. The first-order valence-corrected chi connectivity index (χ1v) is 6.84. The van der Waals surface area contributed by atoms with Crippen molar-refractivity contribution >= 4 is 5.69 Å². The third kappa shape index (κ3) is 3.99. The minimum Gasteiger partial charge on any atom is -0.345 e. The van der Waals surface area contributed by atoms with Crippen LogP contribution in [0.15, 0.2) is 66.4 Å². The normalized spacial score (nSPS) is 12.2. The van der Waals surface area contributed by atoms with E-state index in [2.05, 4.69) is 76.2 Å². The second kappa shape index (κ2) is 6.95. The van der Waals surface area contributed by atoms with Crippen molar-refractivity contribution in [1.29, 1.82) is 0 Å². The number of hydrogen-bond donors (Lipinski definition) is 0. The highest BCUT2D eigenvalue weighted by Crippen LogP contribution is 2.25. The van der Waals surface area contributed by atoms with Crippen LogP contribution in [-0.2, 0) is 0 Å². The number of nitrogens with zero attached hydrogens (tertiary/aromatic N) is 1. The Bertz CT molecular complexity index is 573. The second-order valence-electron chi connectivity index (χ2n) is 5.26. The fourth-order valence-corrected chi connectivity index (χ4v) is 2.01. The lowest BCUT2D eigenvalue weighted by Crippen LogP contribution is -2.17. The fourth-order valence-electron chi connectivity index (χ4n) is 2.01. The molecule has 1 aromatic rings. The Balaban J connectivity index is 2.99. The Labute approximate surface area is 123 Å². The molecular weight excluding hydrogens is 242 g/mol. The fraction of sp³-hybridized carbons (Fsp3) is 0.263. The lowest BCUT2D eigenvalue weighted by molar-refractivity contribution is 1.09. The first-order valence-electron chi connectivity index (χ1n) is 6.84. The molecule has 0 aliphatic carbocycles. The van der Waals surface area contributed by atoms with Crippen molar-refractivity contribution in [2.24, 2.45) is 0 Å². The maximum Gasteiger partial charge on any atom is 0.0437 e. The molecule has 1 rings (SSSR count). The van der Waals surface area contributed by atoms with Gasteiger partial charge in [0.2, 0.25) is 0 Å². The molecule has 0 aliphatic rings. The van der Waals surface area contributed by atoms with Gasteiger partial charge in [-0.15, -0.1) is 0 Å². The molecule has 0 N–H and O–H groups in total. The van der Waals surface area contributed by atoms with E-state index in [1.54, 1.807) is 0 Å². The molecule has 0 amide bonds. The van der Waals surface area contributed by atoms with Crippen molar-refractivity contribution in [2.45, 2.75) is 27.7 Å². The van der Waals surface area contributed by atoms with Gasteiger partial charge in [-0.25, -0.2) is 0 Å². The average molecular weight is 267 g/mol. The lowest BCUT2D eigenvalue weighted by atomic mass is 10.1. The number of anilines is 1. The van der Waals surface area contributed by atoms with Crippen LogP contribution in [0, 0.1) is 13.8 Å². The molecule has 0 saturated carbocycles. The monoisotopic (exact) mass is 267 g/mol. The van der Waals surface area contributed by atoms with Gasteiger partial charge in [-0.2, -0.15) is 0 Å². The highest BCUT2D eigenvalue weighted by atomic mass is 15.1. The van der Waals surface area contributed by atoms with Crippen molar-refractivity contribution in [3.05, 3.63) is 77.6 Å². The number of rotatable bonds is 5. The largest absolute Gasteiger partial charge is 0.345 e. The zero-order valence-electron chi connectivity index (χ0n) is 13.3. The summed E-state index contributed by atoms with van der Waals surface area (Å²) in [5.41, 5.74) is 7.03. The van der Waals surface area contributed by atoms with Gasteiger partial charge in [-0.05, 0) is 44.9 Å². The Morgan fingerprint density at radius 1 is 1.15 bits per heavy atom. The Kier molecular flexibility index (Phi) is 5.57. The van der Waals surface area contributed by atoms with Crippen molar-refractivity contribution in [1.82, 2.24) is 0 Å². The molecule has 0 bridgehead atoms. The van der Waals surface area contributed by atoms with Crippen molar-refractivity contribution < 1.29 is 0 Å². The molecule has 0 radical (unpaired) electrons. The Morgan fingerprint density at radius 2 is 1.80 bits per heavy atom. The summed E-state index contributed by atoms with van der Waals surface area (Å²) < 4.78 is 0. The van der Waals surface area contributed by atoms with Gasteiger partial charge < -0.3 is 4.90 Å². The van der Waals surface area contributed by atoms with E-state index in [0.717, 1.165) is 16.8 Å². The molecule has 0 aromatic heterocycles. The number of likely N-dealkylation sites (N-methyl/N-ethyl adjacent to an activating group) is 1. The first-order chi connectivity index (χ1) is 9.36. The summed E-state index contributed by atoms with van der Waals surface area (Å²) in [6.07, 6.45) is 5.99. The molecule has 106 valence electrons. The highest BCUT2D eigenvalue weighted by molar-refractivity contribution is 5.60. The standard InChI is InChI=1S/C19H25N/c1-8-14(2)9-11-16(4)18(6)20(7)19-12-10-15(3)13-17(19)5/h8-13H,1,6H2,2-5,7H3/b14-9-,16-11+. The Morgan fingerprint density at radius 3 is 2.35 bits per heavy atom. The molecule has 1 nitrogen and oxygen atoms in total. The van der Waals surface area contributed by atoms with Crippen LogP contribution in [0.1, 0.15) is 25.0 Å². The molecule has 1 aromatic carbocycles. The third-order valence-electron chi connectivity index (χ3n) is 3.49. The highest BCUT2D eigenvalue weighted by Gasteiger charge is 2.08. The first kappa shape index (κ1) is 16.0. The summed E-state index contributed by atoms with van der Waals surface area (Å²) in [4.78, 5) is 2.14. The minimum absolute atomic E-state index is 1.00. The number of allylic oxidation sites excluding steroid dienone is 5. The summed E-state index contributed by atoms with van der Waals surface area (Å²) in [6, 6.07) is 6.47. The SMILES string of the molecule is C=C/C(C)=C\C=C(/C)C(=C)N(C)c1ccc(C)cc1C. The molecule has 0 saturated heterocycles. The van der Waals surface area contributed by atoms with Gasteiger partial charge in [-0.1, -0.05) is 54.7 Å². The smallest absolute Gasteiger partial charge is 0.0437 e. The molecular formula is C19H25N. The predicted molar refractivity (Wildman–Crippen MR) is 91.2 cm³/mol. The summed E-state index contributed by atoms with van der Waals surface area (Å²) in [5.74, 6) is 0. The minimum atomic E-state index is 1.00. The van der Waals surface area contributed by atoms with Gasteiger partial charge in [0.15, 0.2) is 0 Å². The van der Waals surface area contributed by atoms with E-state index in [0.29, 0.717) is 0 Å². The van der Waals surface area contributed by atoms with Crippen LogP contribution in [0.2, 0.25) is 0 Å². The number of aryl methyl sites for hydroxylation is 2. The van der Waals surface area contributed by atoms with Crippen LogP contribution in [0.3, 0.4) is 0 Å². The maximum atomic E-state index is 4.20. The van der Waals surface area contributed by atoms with E-state index in [1.165, 1.54) is 16.8 Å². The van der Waals surface area contributed by atoms with Gasteiger partial charge in [0.1, 0.15) is 0 Å². The molecule has 1 heteroatoms. The summed E-state index contributed by atoms with van der Waals surface area (Å²) >= 11 is 0. The molecule has 20 heavy (non-hydrogen) atoms. The van der Waals surface area contributed by atoms with Crippen molar-refractivity contribution in [2.75, 3.05) is 11.9 Å². The van der Waals surface area contributed by atoms with E-state index < -0.39 is 0 Å². The van der Waals surface area contributed by atoms with Gasteiger partial charge in [-0.3, -0.25) is 0 Å². The number of hydrogen-bond acceptors (Lipinski definition) is 1. The average Bonchev–Trinajstić information content (AvgIpc) is 2.42. The Hall–Kier alpha value is -2.02. The zero-order chi connectivity index (χ0) is 15.3. The van der Waals surface area contributed by atoms with Crippen LogP contribution >= 0.6 is 0 Å². The van der Waals surface area contributed by atoms with E-state index in [9.17, 15) is 0 Å².